The number of rotatable bonds is 1. The van der Waals surface area contributed by atoms with Crippen molar-refractivity contribution in [1.82, 2.24) is 4.98 Å². The minimum absolute atomic E-state index is 0.407. The van der Waals surface area contributed by atoms with Crippen LogP contribution in [0.5, 0.6) is 0 Å². The van der Waals surface area contributed by atoms with E-state index in [1.165, 1.54) is 0 Å². The lowest BCUT2D eigenvalue weighted by molar-refractivity contribution is 0.140. The molecule has 4 heteroatoms. The summed E-state index contributed by atoms with van der Waals surface area (Å²) in [4.78, 5) is 5.94. The van der Waals surface area contributed by atoms with Gasteiger partial charge in [0.2, 0.25) is 0 Å². The normalized spacial score (nSPS) is 22.4. The first-order chi connectivity index (χ1) is 6.79. The molecule has 0 aromatic carbocycles. The molecular weight excluding hydrogens is 178 g/mol. The first-order valence-corrected chi connectivity index (χ1v) is 4.94. The van der Waals surface area contributed by atoms with Crippen LogP contribution in [0.1, 0.15) is 19.3 Å². The molecule has 1 aromatic heterocycles. The van der Waals surface area contributed by atoms with Gasteiger partial charge in [-0.25, -0.2) is 4.98 Å². The maximum absolute atomic E-state index is 9.79. The highest BCUT2D eigenvalue weighted by Crippen LogP contribution is 2.26. The predicted molar refractivity (Wildman–Crippen MR) is 55.9 cm³/mol. The van der Waals surface area contributed by atoms with Crippen molar-refractivity contribution in [3.8, 4) is 0 Å². The second-order valence-corrected chi connectivity index (χ2v) is 3.58. The maximum Gasteiger partial charge on any atom is 0.147 e. The fourth-order valence-electron chi connectivity index (χ4n) is 1.85. The molecule has 0 saturated carbocycles. The third kappa shape index (κ3) is 1.65. The SMILES string of the molecule is Nc1ncccc1N1CCCCC1O. The molecule has 0 aliphatic carbocycles. The molecule has 0 amide bonds. The van der Waals surface area contributed by atoms with Crippen molar-refractivity contribution in [2.24, 2.45) is 0 Å². The highest BCUT2D eigenvalue weighted by atomic mass is 16.3. The van der Waals surface area contributed by atoms with Crippen molar-refractivity contribution < 1.29 is 5.11 Å². The zero-order chi connectivity index (χ0) is 9.97. The Morgan fingerprint density at radius 3 is 3.07 bits per heavy atom. The van der Waals surface area contributed by atoms with Crippen LogP contribution in [0.15, 0.2) is 18.3 Å². The number of hydrogen-bond donors (Lipinski definition) is 2. The van der Waals surface area contributed by atoms with Gasteiger partial charge in [0.1, 0.15) is 12.0 Å². The predicted octanol–water partition coefficient (Wildman–Crippen LogP) is 0.972. The number of anilines is 2. The largest absolute Gasteiger partial charge is 0.382 e. The van der Waals surface area contributed by atoms with Gasteiger partial charge >= 0.3 is 0 Å². The van der Waals surface area contributed by atoms with E-state index in [4.69, 9.17) is 5.73 Å². The molecule has 1 aliphatic heterocycles. The molecule has 1 aliphatic rings. The van der Waals surface area contributed by atoms with E-state index in [-0.39, 0.29) is 0 Å². The lowest BCUT2D eigenvalue weighted by Crippen LogP contribution is -2.39. The van der Waals surface area contributed by atoms with Gasteiger partial charge in [-0.3, -0.25) is 0 Å². The molecule has 1 aromatic rings. The summed E-state index contributed by atoms with van der Waals surface area (Å²) in [6.45, 7) is 0.858. The minimum atomic E-state index is -0.407. The highest BCUT2D eigenvalue weighted by Gasteiger charge is 2.21. The van der Waals surface area contributed by atoms with E-state index in [1.807, 2.05) is 17.0 Å². The van der Waals surface area contributed by atoms with Crippen LogP contribution < -0.4 is 10.6 Å². The number of aliphatic hydroxyl groups is 1. The quantitative estimate of drug-likeness (QED) is 0.697. The molecule has 0 radical (unpaired) electrons. The van der Waals surface area contributed by atoms with Crippen molar-refractivity contribution in [2.75, 3.05) is 17.2 Å². The number of nitrogens with two attached hydrogens (primary N) is 1. The average Bonchev–Trinajstić information content (AvgIpc) is 2.20. The number of piperidine rings is 1. The molecule has 1 fully saturated rings. The number of pyridine rings is 1. The zero-order valence-electron chi connectivity index (χ0n) is 8.06. The van der Waals surface area contributed by atoms with E-state index < -0.39 is 6.23 Å². The first kappa shape index (κ1) is 9.27. The summed E-state index contributed by atoms with van der Waals surface area (Å²) in [7, 11) is 0. The second kappa shape index (κ2) is 3.84. The summed E-state index contributed by atoms with van der Waals surface area (Å²) < 4.78 is 0. The fourth-order valence-corrected chi connectivity index (χ4v) is 1.85. The smallest absolute Gasteiger partial charge is 0.147 e. The summed E-state index contributed by atoms with van der Waals surface area (Å²) >= 11 is 0. The van der Waals surface area contributed by atoms with Crippen LogP contribution in [-0.2, 0) is 0 Å². The lowest BCUT2D eigenvalue weighted by Gasteiger charge is -2.34. The van der Waals surface area contributed by atoms with Crippen LogP contribution in [0.2, 0.25) is 0 Å². The standard InChI is InChI=1S/C10H15N3O/c11-10-8(4-3-6-12-10)13-7-2-1-5-9(13)14/h3-4,6,9,14H,1-2,5,7H2,(H2,11,12). The van der Waals surface area contributed by atoms with E-state index in [0.29, 0.717) is 5.82 Å². The average molecular weight is 193 g/mol. The van der Waals surface area contributed by atoms with Crippen molar-refractivity contribution in [3.63, 3.8) is 0 Å². The van der Waals surface area contributed by atoms with E-state index in [2.05, 4.69) is 4.98 Å². The molecule has 0 bridgehead atoms. The Bertz CT molecular complexity index is 316. The zero-order valence-corrected chi connectivity index (χ0v) is 8.06. The highest BCUT2D eigenvalue weighted by molar-refractivity contribution is 5.63. The minimum Gasteiger partial charge on any atom is -0.382 e. The Labute approximate surface area is 83.4 Å². The van der Waals surface area contributed by atoms with Crippen molar-refractivity contribution >= 4 is 11.5 Å². The summed E-state index contributed by atoms with van der Waals surface area (Å²) in [5.74, 6) is 0.494. The summed E-state index contributed by atoms with van der Waals surface area (Å²) in [5, 5.41) is 9.79. The van der Waals surface area contributed by atoms with E-state index >= 15 is 0 Å². The van der Waals surface area contributed by atoms with Gasteiger partial charge in [0.05, 0.1) is 5.69 Å². The van der Waals surface area contributed by atoms with Crippen LogP contribution in [0, 0.1) is 0 Å². The molecule has 14 heavy (non-hydrogen) atoms. The monoisotopic (exact) mass is 193 g/mol. The van der Waals surface area contributed by atoms with E-state index in [1.54, 1.807) is 6.20 Å². The third-order valence-electron chi connectivity index (χ3n) is 2.60. The molecule has 3 N–H and O–H groups in total. The molecule has 1 saturated heterocycles. The molecular formula is C10H15N3O. The van der Waals surface area contributed by atoms with Crippen molar-refractivity contribution in [3.05, 3.63) is 18.3 Å². The second-order valence-electron chi connectivity index (χ2n) is 3.58. The Hall–Kier alpha value is -1.29. The molecule has 0 spiro atoms. The molecule has 1 unspecified atom stereocenters. The molecule has 1 atom stereocenters. The number of hydrogen-bond acceptors (Lipinski definition) is 4. The van der Waals surface area contributed by atoms with Crippen LogP contribution in [0.25, 0.3) is 0 Å². The van der Waals surface area contributed by atoms with Gasteiger partial charge in [-0.2, -0.15) is 0 Å². The van der Waals surface area contributed by atoms with Crippen LogP contribution in [-0.4, -0.2) is 22.9 Å². The fraction of sp³-hybridized carbons (Fsp3) is 0.500. The van der Waals surface area contributed by atoms with Gasteiger partial charge in [0.25, 0.3) is 0 Å². The van der Waals surface area contributed by atoms with Gasteiger partial charge in [-0.15, -0.1) is 0 Å². The Morgan fingerprint density at radius 2 is 2.36 bits per heavy atom. The molecule has 2 rings (SSSR count). The van der Waals surface area contributed by atoms with Gasteiger partial charge in [0, 0.05) is 12.7 Å². The lowest BCUT2D eigenvalue weighted by atomic mass is 10.1. The van der Waals surface area contributed by atoms with Gasteiger partial charge in [-0.05, 0) is 31.4 Å². The number of aliphatic hydroxyl groups excluding tert-OH is 1. The first-order valence-electron chi connectivity index (χ1n) is 4.94. The van der Waals surface area contributed by atoms with Gasteiger partial charge in [-0.1, -0.05) is 0 Å². The molecule has 76 valence electrons. The Morgan fingerprint density at radius 1 is 1.50 bits per heavy atom. The van der Waals surface area contributed by atoms with Crippen LogP contribution in [0.3, 0.4) is 0 Å². The maximum atomic E-state index is 9.79. The summed E-state index contributed by atoms with van der Waals surface area (Å²) in [6.07, 6.45) is 4.25. The Balaban J connectivity index is 2.25. The van der Waals surface area contributed by atoms with Gasteiger partial charge < -0.3 is 15.7 Å². The van der Waals surface area contributed by atoms with Crippen molar-refractivity contribution in [1.29, 1.82) is 0 Å². The van der Waals surface area contributed by atoms with E-state index in [9.17, 15) is 5.11 Å². The van der Waals surface area contributed by atoms with Crippen LogP contribution in [0.4, 0.5) is 11.5 Å². The van der Waals surface area contributed by atoms with Gasteiger partial charge in [0.15, 0.2) is 0 Å². The Kier molecular flexibility index (Phi) is 2.54. The molecule has 4 nitrogen and oxygen atoms in total. The molecule has 2 heterocycles. The number of nitrogens with zero attached hydrogens (tertiary/aromatic N) is 2. The van der Waals surface area contributed by atoms with E-state index in [0.717, 1.165) is 31.5 Å². The van der Waals surface area contributed by atoms with Crippen molar-refractivity contribution in [2.45, 2.75) is 25.5 Å². The number of nitrogen functional groups attached to an aromatic ring is 1. The van der Waals surface area contributed by atoms with Crippen LogP contribution >= 0.6 is 0 Å². The summed E-state index contributed by atoms with van der Waals surface area (Å²) in [6, 6.07) is 3.74. The summed E-state index contributed by atoms with van der Waals surface area (Å²) in [5.41, 5.74) is 6.60. The third-order valence-corrected chi connectivity index (χ3v) is 2.60. The number of aromatic nitrogens is 1. The topological polar surface area (TPSA) is 62.4 Å².